The fraction of sp³-hybridized carbons (Fsp3) is 0.263. The third kappa shape index (κ3) is 5.04. The Bertz CT molecular complexity index is 751. The molecule has 3 amide bonds. The summed E-state index contributed by atoms with van der Waals surface area (Å²) in [6.07, 6.45) is 0.775. The number of halogens is 1. The molecule has 3 rings (SSSR count). The molecule has 0 heterocycles. The Morgan fingerprint density at radius 2 is 1.84 bits per heavy atom. The van der Waals surface area contributed by atoms with Crippen LogP contribution in [0, 0.1) is 5.82 Å². The van der Waals surface area contributed by atoms with Gasteiger partial charge in [-0.15, -0.1) is 0 Å². The highest BCUT2D eigenvalue weighted by Gasteiger charge is 2.39. The SMILES string of the molecule is O=C(CNC(=O)N[C@H]1C[C@@H]1c1cccc(F)c1)NCc1ccccc1. The summed E-state index contributed by atoms with van der Waals surface area (Å²) in [5.74, 6) is -0.396. The second-order valence-electron chi connectivity index (χ2n) is 6.09. The third-order valence-corrected chi connectivity index (χ3v) is 4.13. The first kappa shape index (κ1) is 17.0. The van der Waals surface area contributed by atoms with Crippen molar-refractivity contribution in [3.8, 4) is 0 Å². The number of carbonyl (C=O) groups excluding carboxylic acids is 2. The standard InChI is InChI=1S/C19H20FN3O2/c20-15-8-4-7-14(9-15)16-10-17(16)23-19(25)22-12-18(24)21-11-13-5-2-1-3-6-13/h1-9,16-17H,10-12H2,(H,21,24)(H2,22,23,25)/t16-,17+/m1/s1. The number of rotatable bonds is 6. The largest absolute Gasteiger partial charge is 0.350 e. The van der Waals surface area contributed by atoms with Crippen LogP contribution in [0.25, 0.3) is 0 Å². The van der Waals surface area contributed by atoms with Gasteiger partial charge in [0, 0.05) is 18.5 Å². The number of urea groups is 1. The van der Waals surface area contributed by atoms with Crippen LogP contribution in [0.15, 0.2) is 54.6 Å². The van der Waals surface area contributed by atoms with Crippen LogP contribution in [-0.4, -0.2) is 24.5 Å². The number of carbonyl (C=O) groups is 2. The molecule has 0 aromatic heterocycles. The van der Waals surface area contributed by atoms with E-state index >= 15 is 0 Å². The molecule has 0 unspecified atom stereocenters. The number of nitrogens with one attached hydrogen (secondary N) is 3. The fourth-order valence-corrected chi connectivity index (χ4v) is 2.70. The Morgan fingerprint density at radius 1 is 1.04 bits per heavy atom. The number of hydrogen-bond donors (Lipinski definition) is 3. The molecular formula is C19H20FN3O2. The van der Waals surface area contributed by atoms with E-state index in [1.165, 1.54) is 12.1 Å². The lowest BCUT2D eigenvalue weighted by molar-refractivity contribution is -0.120. The van der Waals surface area contributed by atoms with Crippen LogP contribution in [0.3, 0.4) is 0 Å². The second kappa shape index (κ2) is 7.79. The van der Waals surface area contributed by atoms with Crippen LogP contribution < -0.4 is 16.0 Å². The van der Waals surface area contributed by atoms with Gasteiger partial charge in [0.1, 0.15) is 5.82 Å². The van der Waals surface area contributed by atoms with Gasteiger partial charge < -0.3 is 16.0 Å². The van der Waals surface area contributed by atoms with Crippen molar-refractivity contribution in [2.24, 2.45) is 0 Å². The van der Waals surface area contributed by atoms with Gasteiger partial charge in [-0.1, -0.05) is 42.5 Å². The molecule has 1 fully saturated rings. The highest BCUT2D eigenvalue weighted by atomic mass is 19.1. The first-order chi connectivity index (χ1) is 12.1. The molecule has 130 valence electrons. The topological polar surface area (TPSA) is 70.2 Å². The number of amides is 3. The lowest BCUT2D eigenvalue weighted by Crippen LogP contribution is -2.42. The zero-order valence-corrected chi connectivity index (χ0v) is 13.7. The van der Waals surface area contributed by atoms with Gasteiger partial charge in [0.2, 0.25) is 5.91 Å². The molecule has 5 nitrogen and oxygen atoms in total. The Kier molecular flexibility index (Phi) is 5.28. The van der Waals surface area contributed by atoms with Gasteiger partial charge in [0.25, 0.3) is 0 Å². The molecular weight excluding hydrogens is 321 g/mol. The molecule has 3 N–H and O–H groups in total. The monoisotopic (exact) mass is 341 g/mol. The zero-order chi connectivity index (χ0) is 17.6. The normalized spacial score (nSPS) is 18.3. The van der Waals surface area contributed by atoms with E-state index in [9.17, 15) is 14.0 Å². The minimum Gasteiger partial charge on any atom is -0.350 e. The lowest BCUT2D eigenvalue weighted by atomic mass is 10.1. The van der Waals surface area contributed by atoms with Crippen molar-refractivity contribution >= 4 is 11.9 Å². The summed E-state index contributed by atoms with van der Waals surface area (Å²) < 4.78 is 13.2. The molecule has 0 spiro atoms. The summed E-state index contributed by atoms with van der Waals surface area (Å²) in [5.41, 5.74) is 1.88. The Hall–Kier alpha value is -2.89. The van der Waals surface area contributed by atoms with Crippen LogP contribution in [-0.2, 0) is 11.3 Å². The molecule has 0 radical (unpaired) electrons. The maximum Gasteiger partial charge on any atom is 0.315 e. The third-order valence-electron chi connectivity index (χ3n) is 4.13. The summed E-state index contributed by atoms with van der Waals surface area (Å²) in [4.78, 5) is 23.6. The van der Waals surface area contributed by atoms with E-state index in [1.807, 2.05) is 36.4 Å². The van der Waals surface area contributed by atoms with E-state index in [0.717, 1.165) is 17.5 Å². The number of benzene rings is 2. The van der Waals surface area contributed by atoms with Gasteiger partial charge in [-0.2, -0.15) is 0 Å². The molecule has 0 aliphatic heterocycles. The van der Waals surface area contributed by atoms with E-state index in [4.69, 9.17) is 0 Å². The summed E-state index contributed by atoms with van der Waals surface area (Å²) >= 11 is 0. The van der Waals surface area contributed by atoms with Crippen LogP contribution in [0.4, 0.5) is 9.18 Å². The van der Waals surface area contributed by atoms with Crippen LogP contribution in [0.1, 0.15) is 23.5 Å². The van der Waals surface area contributed by atoms with Crippen molar-refractivity contribution in [1.82, 2.24) is 16.0 Å². The van der Waals surface area contributed by atoms with Gasteiger partial charge in [-0.3, -0.25) is 4.79 Å². The first-order valence-electron chi connectivity index (χ1n) is 8.22. The second-order valence-corrected chi connectivity index (χ2v) is 6.09. The van der Waals surface area contributed by atoms with Crippen molar-refractivity contribution in [2.45, 2.75) is 24.9 Å². The van der Waals surface area contributed by atoms with Crippen molar-refractivity contribution in [3.63, 3.8) is 0 Å². The Balaban J connectivity index is 1.35. The Labute approximate surface area is 145 Å². The molecule has 6 heteroatoms. The molecule has 2 aromatic rings. The van der Waals surface area contributed by atoms with Gasteiger partial charge in [-0.05, 0) is 29.7 Å². The number of hydrogen-bond acceptors (Lipinski definition) is 2. The summed E-state index contributed by atoms with van der Waals surface area (Å²) in [6.45, 7) is 0.337. The highest BCUT2D eigenvalue weighted by Crippen LogP contribution is 2.40. The quantitative estimate of drug-likeness (QED) is 0.754. The van der Waals surface area contributed by atoms with E-state index in [-0.39, 0.29) is 30.2 Å². The predicted octanol–water partition coefficient (Wildman–Crippen LogP) is 2.30. The smallest absolute Gasteiger partial charge is 0.315 e. The zero-order valence-electron chi connectivity index (χ0n) is 13.7. The minimum absolute atomic E-state index is 0.0193. The molecule has 25 heavy (non-hydrogen) atoms. The van der Waals surface area contributed by atoms with Gasteiger partial charge in [-0.25, -0.2) is 9.18 Å². The fourth-order valence-electron chi connectivity index (χ4n) is 2.70. The van der Waals surface area contributed by atoms with Crippen molar-refractivity contribution in [3.05, 3.63) is 71.5 Å². The summed E-state index contributed by atoms with van der Waals surface area (Å²) in [7, 11) is 0. The summed E-state index contributed by atoms with van der Waals surface area (Å²) in [6, 6.07) is 15.5. The molecule has 0 bridgehead atoms. The minimum atomic E-state index is -0.390. The Morgan fingerprint density at radius 3 is 2.60 bits per heavy atom. The molecule has 1 saturated carbocycles. The van der Waals surface area contributed by atoms with E-state index < -0.39 is 6.03 Å². The molecule has 1 aliphatic carbocycles. The predicted molar refractivity (Wildman–Crippen MR) is 92.4 cm³/mol. The van der Waals surface area contributed by atoms with Crippen LogP contribution >= 0.6 is 0 Å². The molecule has 2 atom stereocenters. The van der Waals surface area contributed by atoms with E-state index in [0.29, 0.717) is 6.54 Å². The molecule has 2 aromatic carbocycles. The average Bonchev–Trinajstić information content (AvgIpc) is 3.38. The van der Waals surface area contributed by atoms with Gasteiger partial charge in [0.15, 0.2) is 0 Å². The summed E-state index contributed by atoms with van der Waals surface area (Å²) in [5, 5.41) is 8.08. The van der Waals surface area contributed by atoms with Crippen LogP contribution in [0.2, 0.25) is 0 Å². The van der Waals surface area contributed by atoms with Crippen molar-refractivity contribution in [2.75, 3.05) is 6.54 Å². The van der Waals surface area contributed by atoms with E-state index in [2.05, 4.69) is 16.0 Å². The average molecular weight is 341 g/mol. The maximum absolute atomic E-state index is 13.2. The van der Waals surface area contributed by atoms with E-state index in [1.54, 1.807) is 6.07 Å². The maximum atomic E-state index is 13.2. The molecule has 1 aliphatic rings. The van der Waals surface area contributed by atoms with Gasteiger partial charge in [0.05, 0.1) is 6.54 Å². The highest BCUT2D eigenvalue weighted by molar-refractivity contribution is 5.84. The lowest BCUT2D eigenvalue weighted by Gasteiger charge is -2.08. The van der Waals surface area contributed by atoms with Crippen molar-refractivity contribution in [1.29, 1.82) is 0 Å². The molecule has 0 saturated heterocycles. The van der Waals surface area contributed by atoms with Crippen molar-refractivity contribution < 1.29 is 14.0 Å². The first-order valence-corrected chi connectivity index (χ1v) is 8.22. The van der Waals surface area contributed by atoms with Gasteiger partial charge >= 0.3 is 6.03 Å². The van der Waals surface area contributed by atoms with Crippen LogP contribution in [0.5, 0.6) is 0 Å².